The molecule has 23 heavy (non-hydrogen) atoms. The van der Waals surface area contributed by atoms with Gasteiger partial charge < -0.3 is 19.3 Å². The van der Waals surface area contributed by atoms with Gasteiger partial charge >= 0.3 is 5.97 Å². The van der Waals surface area contributed by atoms with Gasteiger partial charge in [0.1, 0.15) is 12.7 Å². The summed E-state index contributed by atoms with van der Waals surface area (Å²) in [6.45, 7) is 4.49. The fraction of sp³-hybridized carbons (Fsp3) is 0.944. The molecule has 7 unspecified atom stereocenters. The molecule has 0 spiro atoms. The first kappa shape index (κ1) is 15.9. The lowest BCUT2D eigenvalue weighted by atomic mass is 9.53. The summed E-state index contributed by atoms with van der Waals surface area (Å²) in [7, 11) is 0. The Morgan fingerprint density at radius 3 is 2.78 bits per heavy atom. The molecule has 5 heteroatoms. The van der Waals surface area contributed by atoms with Gasteiger partial charge in [-0.25, -0.2) is 0 Å². The van der Waals surface area contributed by atoms with Crippen LogP contribution in [0.3, 0.4) is 0 Å². The fourth-order valence-electron chi connectivity index (χ4n) is 5.48. The summed E-state index contributed by atoms with van der Waals surface area (Å²) < 4.78 is 16.8. The predicted octanol–water partition coefficient (Wildman–Crippen LogP) is 2.11. The molecule has 1 aliphatic heterocycles. The number of hydrogen-bond acceptors (Lipinski definition) is 5. The molecule has 7 atom stereocenters. The van der Waals surface area contributed by atoms with Gasteiger partial charge in [0.15, 0.2) is 5.79 Å². The van der Waals surface area contributed by atoms with Crippen molar-refractivity contribution in [3.63, 3.8) is 0 Å². The Morgan fingerprint density at radius 1 is 1.22 bits per heavy atom. The molecule has 4 fully saturated rings. The van der Waals surface area contributed by atoms with E-state index in [9.17, 15) is 9.90 Å². The van der Waals surface area contributed by atoms with E-state index in [1.54, 1.807) is 0 Å². The van der Waals surface area contributed by atoms with Crippen LogP contribution in [0.2, 0.25) is 0 Å². The van der Waals surface area contributed by atoms with E-state index < -0.39 is 5.79 Å². The highest BCUT2D eigenvalue weighted by atomic mass is 16.7. The Kier molecular flexibility index (Phi) is 3.94. The average molecular weight is 324 g/mol. The maximum Gasteiger partial charge on any atom is 0.309 e. The first-order valence-corrected chi connectivity index (χ1v) is 9.09. The quantitative estimate of drug-likeness (QED) is 0.806. The molecular weight excluding hydrogens is 296 g/mol. The zero-order valence-electron chi connectivity index (χ0n) is 14.1. The highest BCUT2D eigenvalue weighted by molar-refractivity contribution is 5.73. The molecule has 1 saturated heterocycles. The molecule has 5 nitrogen and oxygen atoms in total. The van der Waals surface area contributed by atoms with Crippen LogP contribution in [-0.4, -0.2) is 42.3 Å². The topological polar surface area (TPSA) is 65.0 Å². The lowest BCUT2D eigenvalue weighted by Gasteiger charge is -2.53. The lowest BCUT2D eigenvalue weighted by molar-refractivity contribution is -0.174. The van der Waals surface area contributed by atoms with Gasteiger partial charge in [0.05, 0.1) is 18.6 Å². The van der Waals surface area contributed by atoms with Crippen molar-refractivity contribution in [2.45, 2.75) is 63.9 Å². The van der Waals surface area contributed by atoms with E-state index in [4.69, 9.17) is 14.2 Å². The minimum atomic E-state index is -0.582. The average Bonchev–Trinajstić information content (AvgIpc) is 2.83. The van der Waals surface area contributed by atoms with Crippen LogP contribution in [-0.2, 0) is 19.0 Å². The number of rotatable bonds is 3. The molecule has 0 radical (unpaired) electrons. The Balaban J connectivity index is 1.37. The highest BCUT2D eigenvalue weighted by Gasteiger charge is 2.53. The first-order chi connectivity index (χ1) is 10.9. The largest absolute Gasteiger partial charge is 0.463 e. The van der Waals surface area contributed by atoms with E-state index in [-0.39, 0.29) is 36.6 Å². The van der Waals surface area contributed by atoms with Crippen LogP contribution in [0.25, 0.3) is 0 Å². The standard InChI is InChI=1S/C18H28O5/c1-18(2)22-9-12(23-18)8-21-17(20)15-7-11-5-10-3-4-13(15)14(6-10)16(11)19/h10-16,19H,3-9H2,1-2H3. The zero-order valence-corrected chi connectivity index (χ0v) is 14.1. The van der Waals surface area contributed by atoms with Crippen molar-refractivity contribution in [1.82, 2.24) is 0 Å². The summed E-state index contributed by atoms with van der Waals surface area (Å²) in [4.78, 5) is 12.6. The van der Waals surface area contributed by atoms with Crippen molar-refractivity contribution < 1.29 is 24.1 Å². The lowest BCUT2D eigenvalue weighted by Crippen LogP contribution is -2.53. The Labute approximate surface area is 137 Å². The second-order valence-corrected chi connectivity index (χ2v) is 8.42. The number of ether oxygens (including phenoxy) is 3. The SMILES string of the molecule is CC1(C)OCC(COC(=O)C2CC3CC4CCC2C(C4)C3O)O1. The summed E-state index contributed by atoms with van der Waals surface area (Å²) >= 11 is 0. The number of aliphatic hydroxyl groups is 1. The van der Waals surface area contributed by atoms with Crippen molar-refractivity contribution in [3.8, 4) is 0 Å². The van der Waals surface area contributed by atoms with Gasteiger partial charge in [0, 0.05) is 0 Å². The fourth-order valence-corrected chi connectivity index (χ4v) is 5.48. The molecule has 0 aromatic rings. The van der Waals surface area contributed by atoms with Gasteiger partial charge in [-0.1, -0.05) is 6.42 Å². The molecule has 3 aliphatic carbocycles. The number of carbonyl (C=O) groups is 1. The molecule has 4 aliphatic rings. The van der Waals surface area contributed by atoms with Gasteiger partial charge in [0.2, 0.25) is 0 Å². The van der Waals surface area contributed by atoms with Gasteiger partial charge in [-0.3, -0.25) is 4.79 Å². The molecule has 3 bridgehead atoms. The number of esters is 1. The second-order valence-electron chi connectivity index (χ2n) is 8.42. The molecule has 1 heterocycles. The van der Waals surface area contributed by atoms with E-state index in [2.05, 4.69) is 0 Å². The minimum Gasteiger partial charge on any atom is -0.463 e. The molecule has 0 aromatic carbocycles. The van der Waals surface area contributed by atoms with Gasteiger partial charge in [-0.2, -0.15) is 0 Å². The van der Waals surface area contributed by atoms with E-state index >= 15 is 0 Å². The van der Waals surface area contributed by atoms with Crippen molar-refractivity contribution in [2.24, 2.45) is 29.6 Å². The van der Waals surface area contributed by atoms with Crippen molar-refractivity contribution >= 4 is 5.97 Å². The number of hydrogen-bond donors (Lipinski definition) is 1. The monoisotopic (exact) mass is 324 g/mol. The summed E-state index contributed by atoms with van der Waals surface area (Å²) in [5, 5.41) is 10.5. The molecule has 0 aromatic heterocycles. The predicted molar refractivity (Wildman–Crippen MR) is 82.4 cm³/mol. The maximum absolute atomic E-state index is 12.6. The second kappa shape index (κ2) is 5.71. The zero-order chi connectivity index (χ0) is 16.2. The van der Waals surface area contributed by atoms with Crippen molar-refractivity contribution in [3.05, 3.63) is 0 Å². The van der Waals surface area contributed by atoms with E-state index in [1.165, 1.54) is 6.42 Å². The third kappa shape index (κ3) is 2.92. The molecule has 1 N–H and O–H groups in total. The summed E-state index contributed by atoms with van der Waals surface area (Å²) in [5.41, 5.74) is 0. The van der Waals surface area contributed by atoms with E-state index in [0.29, 0.717) is 18.4 Å². The summed E-state index contributed by atoms with van der Waals surface area (Å²) in [6.07, 6.45) is 4.88. The number of aliphatic hydroxyl groups excluding tert-OH is 1. The smallest absolute Gasteiger partial charge is 0.309 e. The molecule has 4 rings (SSSR count). The summed E-state index contributed by atoms with van der Waals surface area (Å²) in [6, 6.07) is 0. The van der Waals surface area contributed by atoms with Gasteiger partial charge in [0.25, 0.3) is 0 Å². The Hall–Kier alpha value is -0.650. The number of carbonyl (C=O) groups excluding carboxylic acids is 1. The third-order valence-electron chi connectivity index (χ3n) is 6.48. The van der Waals surface area contributed by atoms with Crippen LogP contribution in [0.4, 0.5) is 0 Å². The molecule has 3 saturated carbocycles. The maximum atomic E-state index is 12.6. The molecule has 130 valence electrons. The number of fused-ring (bicyclic) bond motifs is 2. The minimum absolute atomic E-state index is 0.0371. The molecular formula is C18H28O5. The van der Waals surface area contributed by atoms with Crippen LogP contribution in [0.5, 0.6) is 0 Å². The summed E-state index contributed by atoms with van der Waals surface area (Å²) in [5.74, 6) is 0.967. The first-order valence-electron chi connectivity index (χ1n) is 9.09. The van der Waals surface area contributed by atoms with Gasteiger partial charge in [-0.15, -0.1) is 0 Å². The normalized spacial score (nSPS) is 47.5. The molecule has 0 amide bonds. The van der Waals surface area contributed by atoms with E-state index in [0.717, 1.165) is 31.6 Å². The van der Waals surface area contributed by atoms with Crippen LogP contribution in [0.1, 0.15) is 46.0 Å². The third-order valence-corrected chi connectivity index (χ3v) is 6.48. The highest BCUT2D eigenvalue weighted by Crippen LogP contribution is 2.54. The van der Waals surface area contributed by atoms with E-state index in [1.807, 2.05) is 13.8 Å². The van der Waals surface area contributed by atoms with Crippen molar-refractivity contribution in [1.29, 1.82) is 0 Å². The van der Waals surface area contributed by atoms with Crippen LogP contribution in [0, 0.1) is 29.6 Å². The Morgan fingerprint density at radius 2 is 2.04 bits per heavy atom. The van der Waals surface area contributed by atoms with Crippen molar-refractivity contribution in [2.75, 3.05) is 13.2 Å². The Bertz CT molecular complexity index is 474. The van der Waals surface area contributed by atoms with Crippen LogP contribution < -0.4 is 0 Å². The van der Waals surface area contributed by atoms with Gasteiger partial charge in [-0.05, 0) is 63.2 Å². The van der Waals surface area contributed by atoms with Crippen LogP contribution >= 0.6 is 0 Å². The van der Waals surface area contributed by atoms with Crippen LogP contribution in [0.15, 0.2) is 0 Å².